The molecule has 0 radical (unpaired) electrons. The van der Waals surface area contributed by atoms with E-state index in [2.05, 4.69) is 22.4 Å². The van der Waals surface area contributed by atoms with Gasteiger partial charge in [0.05, 0.1) is 11.0 Å². The van der Waals surface area contributed by atoms with Gasteiger partial charge in [0.1, 0.15) is 5.82 Å². The van der Waals surface area contributed by atoms with Crippen LogP contribution in [-0.4, -0.2) is 16.5 Å². The van der Waals surface area contributed by atoms with Gasteiger partial charge in [0.2, 0.25) is 0 Å². The van der Waals surface area contributed by atoms with Crippen LogP contribution in [0.15, 0.2) is 12.1 Å². The Morgan fingerprint density at radius 2 is 2.00 bits per heavy atom. The normalized spacial score (nSPS) is 20.0. The molecule has 1 fully saturated rings. The first kappa shape index (κ1) is 10.4. The Bertz CT molecular complexity index is 538. The van der Waals surface area contributed by atoms with E-state index >= 15 is 0 Å². The summed E-state index contributed by atoms with van der Waals surface area (Å²) < 4.78 is 0. The lowest BCUT2D eigenvalue weighted by atomic mass is 9.89. The van der Waals surface area contributed by atoms with Crippen molar-refractivity contribution in [3.63, 3.8) is 0 Å². The fraction of sp³-hybridized carbons (Fsp3) is 0.533. The van der Waals surface area contributed by atoms with Crippen LogP contribution >= 0.6 is 0 Å². The second-order valence-corrected chi connectivity index (χ2v) is 5.66. The summed E-state index contributed by atoms with van der Waals surface area (Å²) in [5.74, 6) is 1.88. The molecule has 1 aromatic carbocycles. The predicted molar refractivity (Wildman–Crippen MR) is 74.1 cm³/mol. The number of anilines is 1. The average molecular weight is 241 g/mol. The standard InChI is InChI=1S/C15H19N3/c1-2-4-10(5-3-1)15-17-13-8-11-6-7-16-12(11)9-14(13)18-15/h8-10,16H,1-7H2,(H,17,18). The van der Waals surface area contributed by atoms with Gasteiger partial charge in [-0.15, -0.1) is 0 Å². The van der Waals surface area contributed by atoms with Gasteiger partial charge in [0.25, 0.3) is 0 Å². The van der Waals surface area contributed by atoms with E-state index < -0.39 is 0 Å². The number of aromatic nitrogens is 2. The van der Waals surface area contributed by atoms with Crippen molar-refractivity contribution in [1.29, 1.82) is 0 Å². The maximum Gasteiger partial charge on any atom is 0.110 e. The molecule has 0 saturated heterocycles. The molecule has 0 unspecified atom stereocenters. The first-order valence-electron chi connectivity index (χ1n) is 7.16. The lowest BCUT2D eigenvalue weighted by Crippen LogP contribution is -2.05. The summed E-state index contributed by atoms with van der Waals surface area (Å²) in [4.78, 5) is 8.37. The molecule has 3 heteroatoms. The van der Waals surface area contributed by atoms with Crippen LogP contribution in [-0.2, 0) is 6.42 Å². The van der Waals surface area contributed by atoms with Gasteiger partial charge in [-0.25, -0.2) is 4.98 Å². The van der Waals surface area contributed by atoms with Crippen molar-refractivity contribution in [2.45, 2.75) is 44.4 Å². The fourth-order valence-corrected chi connectivity index (χ4v) is 3.39. The molecule has 2 N–H and O–H groups in total. The van der Waals surface area contributed by atoms with Gasteiger partial charge in [-0.1, -0.05) is 19.3 Å². The van der Waals surface area contributed by atoms with Gasteiger partial charge >= 0.3 is 0 Å². The molecule has 2 heterocycles. The van der Waals surface area contributed by atoms with Crippen LogP contribution in [0.2, 0.25) is 0 Å². The molecule has 2 aromatic rings. The predicted octanol–water partition coefficient (Wildman–Crippen LogP) is 3.58. The lowest BCUT2D eigenvalue weighted by Gasteiger charge is -2.18. The molecule has 1 aliphatic heterocycles. The molecule has 0 bridgehead atoms. The number of fused-ring (bicyclic) bond motifs is 2. The summed E-state index contributed by atoms with van der Waals surface area (Å²) >= 11 is 0. The van der Waals surface area contributed by atoms with Crippen molar-refractivity contribution >= 4 is 16.7 Å². The highest BCUT2D eigenvalue weighted by molar-refractivity contribution is 5.82. The molecule has 0 spiro atoms. The van der Waals surface area contributed by atoms with E-state index in [0.717, 1.165) is 18.5 Å². The number of hydrogen-bond acceptors (Lipinski definition) is 2. The van der Waals surface area contributed by atoms with Gasteiger partial charge in [0, 0.05) is 18.2 Å². The topological polar surface area (TPSA) is 40.7 Å². The van der Waals surface area contributed by atoms with Crippen LogP contribution < -0.4 is 5.32 Å². The second-order valence-electron chi connectivity index (χ2n) is 5.66. The SMILES string of the molecule is c1c2c(cc3[nH]c(C4CCCCC4)nc13)CCN2. The minimum Gasteiger partial charge on any atom is -0.384 e. The van der Waals surface area contributed by atoms with Gasteiger partial charge in [-0.05, 0) is 37.0 Å². The Morgan fingerprint density at radius 3 is 2.89 bits per heavy atom. The zero-order valence-electron chi connectivity index (χ0n) is 10.6. The number of rotatable bonds is 1. The third-order valence-electron chi connectivity index (χ3n) is 4.43. The number of aromatic amines is 1. The number of nitrogens with zero attached hydrogens (tertiary/aromatic N) is 1. The Kier molecular flexibility index (Phi) is 2.32. The molecule has 18 heavy (non-hydrogen) atoms. The van der Waals surface area contributed by atoms with Crippen molar-refractivity contribution in [3.05, 3.63) is 23.5 Å². The van der Waals surface area contributed by atoms with Crippen LogP contribution in [0.3, 0.4) is 0 Å². The maximum atomic E-state index is 4.82. The molecule has 3 nitrogen and oxygen atoms in total. The van der Waals surface area contributed by atoms with Crippen LogP contribution in [0.4, 0.5) is 5.69 Å². The molecule has 4 rings (SSSR count). The van der Waals surface area contributed by atoms with Gasteiger partial charge in [-0.2, -0.15) is 0 Å². The highest BCUT2D eigenvalue weighted by Crippen LogP contribution is 2.33. The molecule has 0 amide bonds. The third-order valence-corrected chi connectivity index (χ3v) is 4.43. The quantitative estimate of drug-likeness (QED) is 0.801. The Balaban J connectivity index is 1.75. The van der Waals surface area contributed by atoms with Crippen molar-refractivity contribution < 1.29 is 0 Å². The first-order chi connectivity index (χ1) is 8.90. The van der Waals surface area contributed by atoms with Crippen LogP contribution in [0.5, 0.6) is 0 Å². The number of imidazole rings is 1. The van der Waals surface area contributed by atoms with E-state index in [0.29, 0.717) is 5.92 Å². The summed E-state index contributed by atoms with van der Waals surface area (Å²) in [6, 6.07) is 4.49. The Morgan fingerprint density at radius 1 is 1.11 bits per heavy atom. The number of nitrogens with one attached hydrogen (secondary N) is 2. The lowest BCUT2D eigenvalue weighted by molar-refractivity contribution is 0.431. The summed E-state index contributed by atoms with van der Waals surface area (Å²) in [5.41, 5.74) is 5.06. The molecule has 1 saturated carbocycles. The Hall–Kier alpha value is -1.51. The fourth-order valence-electron chi connectivity index (χ4n) is 3.39. The number of H-pyrrole nitrogens is 1. The molecular weight excluding hydrogens is 222 g/mol. The van der Waals surface area contributed by atoms with E-state index in [-0.39, 0.29) is 0 Å². The molecule has 1 aliphatic carbocycles. The van der Waals surface area contributed by atoms with Gasteiger partial charge < -0.3 is 10.3 Å². The van der Waals surface area contributed by atoms with Crippen molar-refractivity contribution in [2.75, 3.05) is 11.9 Å². The van der Waals surface area contributed by atoms with Crippen molar-refractivity contribution in [1.82, 2.24) is 9.97 Å². The molecular formula is C15H19N3. The summed E-state index contributed by atoms with van der Waals surface area (Å²) in [7, 11) is 0. The molecule has 1 aromatic heterocycles. The monoisotopic (exact) mass is 241 g/mol. The van der Waals surface area contributed by atoms with E-state index in [1.807, 2.05) is 0 Å². The molecule has 94 valence electrons. The van der Waals surface area contributed by atoms with Gasteiger partial charge in [-0.3, -0.25) is 0 Å². The second kappa shape index (κ2) is 4.01. The van der Waals surface area contributed by atoms with Gasteiger partial charge in [0.15, 0.2) is 0 Å². The summed E-state index contributed by atoms with van der Waals surface area (Å²) in [6.07, 6.45) is 7.87. The van der Waals surface area contributed by atoms with Crippen LogP contribution in [0, 0.1) is 0 Å². The van der Waals surface area contributed by atoms with E-state index in [1.54, 1.807) is 0 Å². The highest BCUT2D eigenvalue weighted by atomic mass is 14.9. The van der Waals surface area contributed by atoms with Crippen LogP contribution in [0.25, 0.3) is 11.0 Å². The van der Waals surface area contributed by atoms with E-state index in [9.17, 15) is 0 Å². The maximum absolute atomic E-state index is 4.82. The Labute approximate surface area is 107 Å². The zero-order valence-corrected chi connectivity index (χ0v) is 10.6. The van der Waals surface area contributed by atoms with E-state index in [1.165, 1.54) is 54.7 Å². The van der Waals surface area contributed by atoms with E-state index in [4.69, 9.17) is 4.98 Å². The largest absolute Gasteiger partial charge is 0.384 e. The molecule has 0 atom stereocenters. The smallest absolute Gasteiger partial charge is 0.110 e. The average Bonchev–Trinajstić information content (AvgIpc) is 3.01. The zero-order chi connectivity index (χ0) is 11.9. The minimum absolute atomic E-state index is 0.661. The third kappa shape index (κ3) is 1.61. The highest BCUT2D eigenvalue weighted by Gasteiger charge is 2.20. The van der Waals surface area contributed by atoms with Crippen molar-refractivity contribution in [2.24, 2.45) is 0 Å². The van der Waals surface area contributed by atoms with Crippen molar-refractivity contribution in [3.8, 4) is 0 Å². The number of benzene rings is 1. The molecule has 2 aliphatic rings. The minimum atomic E-state index is 0.661. The van der Waals surface area contributed by atoms with Crippen LogP contribution in [0.1, 0.15) is 49.4 Å². The first-order valence-corrected chi connectivity index (χ1v) is 7.16. The number of hydrogen-bond donors (Lipinski definition) is 2. The summed E-state index contributed by atoms with van der Waals surface area (Å²) in [6.45, 7) is 1.07. The summed E-state index contributed by atoms with van der Waals surface area (Å²) in [5, 5.41) is 3.43.